The van der Waals surface area contributed by atoms with Crippen molar-refractivity contribution in [2.45, 2.75) is 45.2 Å². The molecule has 1 aliphatic rings. The predicted octanol–water partition coefficient (Wildman–Crippen LogP) is 3.52. The van der Waals surface area contributed by atoms with E-state index in [2.05, 4.69) is 36.5 Å². The largest absolute Gasteiger partial charge is 0.316 e. The lowest BCUT2D eigenvalue weighted by Gasteiger charge is -2.34. The molecule has 2 atom stereocenters. The van der Waals surface area contributed by atoms with Gasteiger partial charge in [-0.25, -0.2) is 4.39 Å². The molecule has 0 spiro atoms. The molecule has 1 saturated heterocycles. The van der Waals surface area contributed by atoms with Gasteiger partial charge in [0.15, 0.2) is 0 Å². The van der Waals surface area contributed by atoms with E-state index in [9.17, 15) is 4.39 Å². The first-order valence-corrected chi connectivity index (χ1v) is 7.09. The van der Waals surface area contributed by atoms with Crippen LogP contribution in [0.2, 0.25) is 0 Å². The van der Waals surface area contributed by atoms with Crippen LogP contribution in [0.3, 0.4) is 0 Å². The topological polar surface area (TPSA) is 12.0 Å². The zero-order valence-corrected chi connectivity index (χ0v) is 11.5. The van der Waals surface area contributed by atoms with Crippen molar-refractivity contribution in [3.63, 3.8) is 0 Å². The summed E-state index contributed by atoms with van der Waals surface area (Å²) in [6.45, 7) is 5.76. The number of hydrogen-bond acceptors (Lipinski definition) is 1. The van der Waals surface area contributed by atoms with E-state index in [0.29, 0.717) is 6.42 Å². The maximum atomic E-state index is 14.8. The highest BCUT2D eigenvalue weighted by atomic mass is 19.1. The number of halogens is 1. The fraction of sp³-hybridized carbons (Fsp3) is 0.625. The number of hydrogen-bond donors (Lipinski definition) is 1. The van der Waals surface area contributed by atoms with E-state index in [4.69, 9.17) is 0 Å². The fourth-order valence-corrected chi connectivity index (χ4v) is 2.80. The Morgan fingerprint density at radius 2 is 1.94 bits per heavy atom. The van der Waals surface area contributed by atoms with Gasteiger partial charge in [0.2, 0.25) is 0 Å². The van der Waals surface area contributed by atoms with Crippen molar-refractivity contribution < 1.29 is 4.39 Å². The molecule has 2 heteroatoms. The van der Waals surface area contributed by atoms with Gasteiger partial charge in [-0.2, -0.15) is 0 Å². The molecule has 1 nitrogen and oxygen atoms in total. The maximum Gasteiger partial charge on any atom is 0.116 e. The van der Waals surface area contributed by atoms with Crippen LogP contribution in [0.5, 0.6) is 0 Å². The first-order chi connectivity index (χ1) is 8.62. The molecule has 1 heterocycles. The van der Waals surface area contributed by atoms with E-state index in [0.717, 1.165) is 37.9 Å². The Morgan fingerprint density at radius 3 is 2.50 bits per heavy atom. The van der Waals surface area contributed by atoms with E-state index in [1.807, 2.05) is 0 Å². The third kappa shape index (κ3) is 3.32. The molecule has 0 saturated carbocycles. The molecule has 2 rings (SSSR count). The van der Waals surface area contributed by atoms with E-state index in [1.165, 1.54) is 5.56 Å². The summed E-state index contributed by atoms with van der Waals surface area (Å²) in [6.07, 6.45) is 3.68. The van der Waals surface area contributed by atoms with Gasteiger partial charge in [0.05, 0.1) is 0 Å². The molecule has 1 aromatic carbocycles. The molecule has 1 N–H and O–H groups in total. The van der Waals surface area contributed by atoms with Gasteiger partial charge in [0, 0.05) is 18.9 Å². The maximum absolute atomic E-state index is 14.8. The summed E-state index contributed by atoms with van der Waals surface area (Å²) >= 11 is 0. The molecular weight excluding hydrogens is 225 g/mol. The molecule has 18 heavy (non-hydrogen) atoms. The predicted molar refractivity (Wildman–Crippen MR) is 74.6 cm³/mol. The quantitative estimate of drug-likeness (QED) is 0.861. The van der Waals surface area contributed by atoms with Crippen LogP contribution in [0.25, 0.3) is 0 Å². The minimum Gasteiger partial charge on any atom is -0.316 e. The van der Waals surface area contributed by atoms with Gasteiger partial charge in [0.25, 0.3) is 0 Å². The minimum absolute atomic E-state index is 0.150. The van der Waals surface area contributed by atoms with Crippen LogP contribution in [0.1, 0.15) is 37.8 Å². The molecular formula is C16H24FN. The second kappa shape index (κ2) is 5.83. The highest BCUT2D eigenvalue weighted by molar-refractivity contribution is 5.24. The van der Waals surface area contributed by atoms with Gasteiger partial charge >= 0.3 is 0 Å². The van der Waals surface area contributed by atoms with Gasteiger partial charge in [-0.05, 0) is 43.9 Å². The minimum atomic E-state index is -1.10. The molecule has 100 valence electrons. The lowest BCUT2D eigenvalue weighted by atomic mass is 9.81. The van der Waals surface area contributed by atoms with Gasteiger partial charge in [-0.1, -0.05) is 31.2 Å². The second-order valence-corrected chi connectivity index (χ2v) is 5.67. The van der Waals surface area contributed by atoms with Crippen LogP contribution >= 0.6 is 0 Å². The van der Waals surface area contributed by atoms with Crippen LogP contribution in [0.15, 0.2) is 24.3 Å². The molecule has 2 unspecified atom stereocenters. The van der Waals surface area contributed by atoms with Crippen molar-refractivity contribution in [2.75, 3.05) is 13.1 Å². The third-order valence-electron chi connectivity index (χ3n) is 4.13. The fourth-order valence-electron chi connectivity index (χ4n) is 2.80. The molecule has 1 aromatic rings. The zero-order chi connectivity index (χ0) is 13.0. The Labute approximate surface area is 110 Å². The van der Waals surface area contributed by atoms with Crippen LogP contribution in [0, 0.1) is 5.92 Å². The number of benzene rings is 1. The van der Waals surface area contributed by atoms with Gasteiger partial charge in [-0.15, -0.1) is 0 Å². The monoisotopic (exact) mass is 249 g/mol. The van der Waals surface area contributed by atoms with Crippen LogP contribution in [-0.2, 0) is 12.8 Å². The number of nitrogens with one attached hydrogen (secondary N) is 1. The van der Waals surface area contributed by atoms with Gasteiger partial charge in [0.1, 0.15) is 5.67 Å². The van der Waals surface area contributed by atoms with Gasteiger partial charge in [-0.3, -0.25) is 0 Å². The number of rotatable bonds is 4. The summed E-state index contributed by atoms with van der Waals surface area (Å²) in [7, 11) is 0. The molecule has 0 aromatic heterocycles. The Kier molecular flexibility index (Phi) is 4.39. The molecule has 0 aliphatic carbocycles. The van der Waals surface area contributed by atoms with Crippen LogP contribution < -0.4 is 5.32 Å². The van der Waals surface area contributed by atoms with Gasteiger partial charge < -0.3 is 5.32 Å². The summed E-state index contributed by atoms with van der Waals surface area (Å²) < 4.78 is 14.8. The standard InChI is InChI=1S/C16H24FN/c1-3-13-6-8-14(9-7-13)11-16(2,17)15-5-4-10-18-12-15/h6-9,15,18H,3-5,10-12H2,1-2H3. The van der Waals surface area contributed by atoms with E-state index in [-0.39, 0.29) is 5.92 Å². The zero-order valence-electron chi connectivity index (χ0n) is 11.5. The number of aryl methyl sites for hydroxylation is 1. The third-order valence-corrected chi connectivity index (χ3v) is 4.13. The van der Waals surface area contributed by atoms with Crippen molar-refractivity contribution in [1.29, 1.82) is 0 Å². The van der Waals surface area contributed by atoms with E-state index >= 15 is 0 Å². The first kappa shape index (κ1) is 13.5. The van der Waals surface area contributed by atoms with Crippen molar-refractivity contribution in [1.82, 2.24) is 5.32 Å². The summed E-state index contributed by atoms with van der Waals surface area (Å²) in [5, 5.41) is 3.30. The Morgan fingerprint density at radius 1 is 1.28 bits per heavy atom. The highest BCUT2D eigenvalue weighted by Gasteiger charge is 2.34. The number of piperidine rings is 1. The molecule has 0 radical (unpaired) electrons. The van der Waals surface area contributed by atoms with Crippen molar-refractivity contribution in [3.8, 4) is 0 Å². The van der Waals surface area contributed by atoms with E-state index < -0.39 is 5.67 Å². The Bertz CT molecular complexity index is 363. The number of alkyl halides is 1. The lowest BCUT2D eigenvalue weighted by molar-refractivity contribution is 0.0833. The molecule has 0 amide bonds. The van der Waals surface area contributed by atoms with Crippen LogP contribution in [0.4, 0.5) is 4.39 Å². The van der Waals surface area contributed by atoms with E-state index in [1.54, 1.807) is 6.92 Å². The average molecular weight is 249 g/mol. The van der Waals surface area contributed by atoms with Crippen molar-refractivity contribution in [2.24, 2.45) is 5.92 Å². The summed E-state index contributed by atoms with van der Waals surface area (Å²) in [5.74, 6) is 0.150. The lowest BCUT2D eigenvalue weighted by Crippen LogP contribution is -2.42. The summed E-state index contributed by atoms with van der Waals surface area (Å²) in [5.41, 5.74) is 1.34. The normalized spacial score (nSPS) is 23.6. The second-order valence-electron chi connectivity index (χ2n) is 5.67. The highest BCUT2D eigenvalue weighted by Crippen LogP contribution is 2.31. The summed E-state index contributed by atoms with van der Waals surface area (Å²) in [4.78, 5) is 0. The molecule has 1 fully saturated rings. The van der Waals surface area contributed by atoms with Crippen LogP contribution in [-0.4, -0.2) is 18.8 Å². The molecule has 1 aliphatic heterocycles. The van der Waals surface area contributed by atoms with Crippen molar-refractivity contribution in [3.05, 3.63) is 35.4 Å². The Balaban J connectivity index is 2.01. The SMILES string of the molecule is CCc1ccc(CC(C)(F)C2CCCNC2)cc1. The first-order valence-electron chi connectivity index (χ1n) is 7.09. The smallest absolute Gasteiger partial charge is 0.116 e. The van der Waals surface area contributed by atoms with Crippen molar-refractivity contribution >= 4 is 0 Å². The average Bonchev–Trinajstić information content (AvgIpc) is 2.40. The summed E-state index contributed by atoms with van der Waals surface area (Å²) in [6, 6.07) is 8.38. The Hall–Kier alpha value is -0.890. The molecule has 0 bridgehead atoms.